The molecule has 0 spiro atoms. The van der Waals surface area contributed by atoms with E-state index in [9.17, 15) is 4.39 Å². The smallest absolute Gasteiger partial charge is 0.128 e. The first-order valence-corrected chi connectivity index (χ1v) is 7.24. The van der Waals surface area contributed by atoms with Gasteiger partial charge in [0.15, 0.2) is 0 Å². The van der Waals surface area contributed by atoms with Crippen LogP contribution in [0.4, 0.5) is 4.39 Å². The third kappa shape index (κ3) is 2.66. The fourth-order valence-electron chi connectivity index (χ4n) is 2.70. The lowest BCUT2D eigenvalue weighted by atomic mass is 9.94. The maximum absolute atomic E-state index is 14.2. The maximum Gasteiger partial charge on any atom is 0.128 e. The molecule has 1 aromatic carbocycles. The molecule has 1 N–H and O–H groups in total. The van der Waals surface area contributed by atoms with E-state index in [-0.39, 0.29) is 11.9 Å². The Morgan fingerprint density at radius 3 is 2.71 bits per heavy atom. The van der Waals surface area contributed by atoms with Crippen molar-refractivity contribution >= 4 is 11.8 Å². The molecule has 2 rings (SSSR count). The van der Waals surface area contributed by atoms with Crippen LogP contribution in [0, 0.1) is 19.7 Å². The van der Waals surface area contributed by atoms with E-state index in [0.29, 0.717) is 5.25 Å². The number of aryl methyl sites for hydroxylation is 2. The standard InChI is InChI=1S/C14H20FNS/c1-9-7-10(2)13(11(15)8-9)14(16-3)12-5-4-6-17-12/h7-8,12,14,16H,4-6H2,1-3H3. The molecule has 0 saturated carbocycles. The zero-order chi connectivity index (χ0) is 12.4. The normalized spacial score (nSPS) is 21.8. The van der Waals surface area contributed by atoms with Crippen molar-refractivity contribution in [3.8, 4) is 0 Å². The average molecular weight is 253 g/mol. The molecule has 2 atom stereocenters. The first kappa shape index (κ1) is 12.9. The minimum atomic E-state index is -0.0608. The van der Waals surface area contributed by atoms with Crippen molar-refractivity contribution in [2.24, 2.45) is 0 Å². The Hall–Kier alpha value is -0.540. The molecule has 1 nitrogen and oxygen atoms in total. The summed E-state index contributed by atoms with van der Waals surface area (Å²) < 4.78 is 14.2. The van der Waals surface area contributed by atoms with Crippen molar-refractivity contribution in [2.75, 3.05) is 12.8 Å². The quantitative estimate of drug-likeness (QED) is 0.883. The number of hydrogen-bond donors (Lipinski definition) is 1. The summed E-state index contributed by atoms with van der Waals surface area (Å²) >= 11 is 1.96. The zero-order valence-corrected chi connectivity index (χ0v) is 11.5. The highest BCUT2D eigenvalue weighted by atomic mass is 32.2. The number of benzene rings is 1. The van der Waals surface area contributed by atoms with Gasteiger partial charge in [0.2, 0.25) is 0 Å². The highest BCUT2D eigenvalue weighted by Gasteiger charge is 2.28. The minimum Gasteiger partial charge on any atom is -0.312 e. The Morgan fingerprint density at radius 2 is 2.18 bits per heavy atom. The van der Waals surface area contributed by atoms with Gasteiger partial charge in [-0.15, -0.1) is 0 Å². The molecule has 1 aliphatic heterocycles. The molecule has 0 aliphatic carbocycles. The van der Waals surface area contributed by atoms with E-state index in [1.54, 1.807) is 6.07 Å². The van der Waals surface area contributed by atoms with E-state index in [1.807, 2.05) is 32.7 Å². The number of nitrogens with one attached hydrogen (secondary N) is 1. The van der Waals surface area contributed by atoms with Crippen LogP contribution in [0.2, 0.25) is 0 Å². The third-order valence-electron chi connectivity index (χ3n) is 3.44. The molecule has 17 heavy (non-hydrogen) atoms. The fraction of sp³-hybridized carbons (Fsp3) is 0.571. The van der Waals surface area contributed by atoms with E-state index in [1.165, 1.54) is 18.6 Å². The topological polar surface area (TPSA) is 12.0 Å². The molecule has 94 valence electrons. The van der Waals surface area contributed by atoms with Gasteiger partial charge >= 0.3 is 0 Å². The first-order valence-electron chi connectivity index (χ1n) is 6.19. The molecule has 1 aliphatic rings. The molecule has 0 radical (unpaired) electrons. The van der Waals surface area contributed by atoms with Crippen LogP contribution in [-0.2, 0) is 0 Å². The van der Waals surface area contributed by atoms with Gasteiger partial charge in [0.1, 0.15) is 5.82 Å². The second kappa shape index (κ2) is 5.40. The number of thioether (sulfide) groups is 1. The Morgan fingerprint density at radius 1 is 1.41 bits per heavy atom. The summed E-state index contributed by atoms with van der Waals surface area (Å²) in [5.41, 5.74) is 2.92. The van der Waals surface area contributed by atoms with Gasteiger partial charge in [0, 0.05) is 16.9 Å². The second-order valence-corrected chi connectivity index (χ2v) is 6.14. The molecule has 2 unspecified atom stereocenters. The SMILES string of the molecule is CNC(c1c(C)cc(C)cc1F)C1CCCS1. The highest BCUT2D eigenvalue weighted by molar-refractivity contribution is 8.00. The van der Waals surface area contributed by atoms with Crippen molar-refractivity contribution in [2.45, 2.75) is 38.0 Å². The third-order valence-corrected chi connectivity index (χ3v) is 4.90. The molecule has 1 fully saturated rings. The molecule has 0 amide bonds. The van der Waals surface area contributed by atoms with Gasteiger partial charge in [0.05, 0.1) is 0 Å². The minimum absolute atomic E-state index is 0.0608. The highest BCUT2D eigenvalue weighted by Crippen LogP contribution is 2.37. The summed E-state index contributed by atoms with van der Waals surface area (Å²) in [7, 11) is 1.93. The van der Waals surface area contributed by atoms with E-state index in [0.717, 1.165) is 16.7 Å². The summed E-state index contributed by atoms with van der Waals surface area (Å²) in [6.45, 7) is 3.95. The van der Waals surface area contributed by atoms with Crippen LogP contribution < -0.4 is 5.32 Å². The second-order valence-electron chi connectivity index (χ2n) is 4.80. The summed E-state index contributed by atoms with van der Waals surface area (Å²) in [5, 5.41) is 3.81. The molecule has 0 aromatic heterocycles. The Balaban J connectivity index is 2.36. The molecule has 1 saturated heterocycles. The molecule has 1 heterocycles. The van der Waals surface area contributed by atoms with Crippen molar-refractivity contribution in [3.63, 3.8) is 0 Å². The van der Waals surface area contributed by atoms with Crippen LogP contribution >= 0.6 is 11.8 Å². The maximum atomic E-state index is 14.2. The van der Waals surface area contributed by atoms with Crippen molar-refractivity contribution in [1.82, 2.24) is 5.32 Å². The van der Waals surface area contributed by atoms with Crippen LogP contribution in [0.3, 0.4) is 0 Å². The van der Waals surface area contributed by atoms with Gasteiger partial charge in [-0.25, -0.2) is 4.39 Å². The van der Waals surface area contributed by atoms with Gasteiger partial charge in [-0.2, -0.15) is 11.8 Å². The van der Waals surface area contributed by atoms with Crippen LogP contribution in [0.5, 0.6) is 0 Å². The van der Waals surface area contributed by atoms with Crippen molar-refractivity contribution in [3.05, 3.63) is 34.6 Å². The number of rotatable bonds is 3. The number of halogens is 1. The van der Waals surface area contributed by atoms with E-state index < -0.39 is 0 Å². The van der Waals surface area contributed by atoms with Gasteiger partial charge in [-0.05, 0) is 56.7 Å². The van der Waals surface area contributed by atoms with Crippen molar-refractivity contribution in [1.29, 1.82) is 0 Å². The van der Waals surface area contributed by atoms with E-state index in [4.69, 9.17) is 0 Å². The van der Waals surface area contributed by atoms with E-state index >= 15 is 0 Å². The van der Waals surface area contributed by atoms with Crippen LogP contribution in [0.25, 0.3) is 0 Å². The largest absolute Gasteiger partial charge is 0.312 e. The monoisotopic (exact) mass is 253 g/mol. The lowest BCUT2D eigenvalue weighted by molar-refractivity contribution is 0.508. The summed E-state index contributed by atoms with van der Waals surface area (Å²) in [4.78, 5) is 0. The van der Waals surface area contributed by atoms with Gasteiger partial charge in [0.25, 0.3) is 0 Å². The lowest BCUT2D eigenvalue weighted by Gasteiger charge is -2.25. The first-order chi connectivity index (χ1) is 8.13. The van der Waals surface area contributed by atoms with Crippen LogP contribution in [0.15, 0.2) is 12.1 Å². The van der Waals surface area contributed by atoms with Gasteiger partial charge in [-0.1, -0.05) is 6.07 Å². The van der Waals surface area contributed by atoms with Crippen LogP contribution in [-0.4, -0.2) is 18.1 Å². The molecule has 0 bridgehead atoms. The molecule has 1 aromatic rings. The summed E-state index contributed by atoms with van der Waals surface area (Å²) in [5.74, 6) is 1.14. The van der Waals surface area contributed by atoms with E-state index in [2.05, 4.69) is 11.4 Å². The average Bonchev–Trinajstić information content (AvgIpc) is 2.76. The summed E-state index contributed by atoms with van der Waals surface area (Å²) in [6.07, 6.45) is 2.43. The predicted molar refractivity (Wildman–Crippen MR) is 73.2 cm³/mol. The predicted octanol–water partition coefficient (Wildman–Crippen LogP) is 3.60. The summed E-state index contributed by atoms with van der Waals surface area (Å²) in [6, 6.07) is 3.86. The Labute approximate surface area is 107 Å². The lowest BCUT2D eigenvalue weighted by Crippen LogP contribution is -2.27. The number of hydrogen-bond acceptors (Lipinski definition) is 2. The van der Waals surface area contributed by atoms with Gasteiger partial charge < -0.3 is 5.32 Å². The van der Waals surface area contributed by atoms with Crippen LogP contribution in [0.1, 0.15) is 35.6 Å². The Kier molecular flexibility index (Phi) is 4.10. The zero-order valence-electron chi connectivity index (χ0n) is 10.7. The molecular formula is C14H20FNS. The molecular weight excluding hydrogens is 233 g/mol. The fourth-order valence-corrected chi connectivity index (χ4v) is 4.14. The van der Waals surface area contributed by atoms with Crippen molar-refractivity contribution < 1.29 is 4.39 Å². The van der Waals surface area contributed by atoms with Gasteiger partial charge in [-0.3, -0.25) is 0 Å². The molecule has 3 heteroatoms. The Bertz CT molecular complexity index is 376.